The van der Waals surface area contributed by atoms with E-state index in [9.17, 15) is 9.59 Å². The van der Waals surface area contributed by atoms with Gasteiger partial charge in [0.25, 0.3) is 5.91 Å². The van der Waals surface area contributed by atoms with Crippen molar-refractivity contribution in [3.8, 4) is 6.07 Å². The average molecular weight is 306 g/mol. The fourth-order valence-corrected chi connectivity index (χ4v) is 1.60. The second kappa shape index (κ2) is 9.18. The van der Waals surface area contributed by atoms with E-state index in [1.54, 1.807) is 19.1 Å². The number of anilines is 1. The Morgan fingerprint density at radius 3 is 2.82 bits per heavy atom. The molecule has 0 aliphatic carbocycles. The molecule has 118 valence electrons. The minimum atomic E-state index is -0.826. The SMILES string of the molecule is Cc1cc(N/C=C(/C#N)C(=O)NCCCCCC(=O)O)no1. The molecular weight excluding hydrogens is 288 g/mol. The maximum atomic E-state index is 11.8. The Kier molecular flexibility index (Phi) is 7.19. The van der Waals surface area contributed by atoms with Gasteiger partial charge in [0.05, 0.1) is 0 Å². The van der Waals surface area contributed by atoms with Gasteiger partial charge in [-0.3, -0.25) is 9.59 Å². The Morgan fingerprint density at radius 2 is 2.23 bits per heavy atom. The van der Waals surface area contributed by atoms with Crippen LogP contribution in [0.1, 0.15) is 31.4 Å². The van der Waals surface area contributed by atoms with Crippen LogP contribution in [0.3, 0.4) is 0 Å². The minimum absolute atomic E-state index is 0.0776. The van der Waals surface area contributed by atoms with E-state index in [0.29, 0.717) is 37.4 Å². The van der Waals surface area contributed by atoms with E-state index in [4.69, 9.17) is 14.9 Å². The standard InChI is InChI=1S/C14H18N4O4/c1-10-7-12(18-22-10)17-9-11(8-15)14(21)16-6-4-2-3-5-13(19)20/h7,9H,2-6H2,1H3,(H,16,21)(H,17,18)(H,19,20)/b11-9-. The fourth-order valence-electron chi connectivity index (χ4n) is 1.60. The molecule has 0 radical (unpaired) electrons. The van der Waals surface area contributed by atoms with Crippen LogP contribution in [0, 0.1) is 18.3 Å². The first-order valence-electron chi connectivity index (χ1n) is 6.83. The van der Waals surface area contributed by atoms with Crippen molar-refractivity contribution >= 4 is 17.7 Å². The number of nitrogens with one attached hydrogen (secondary N) is 2. The van der Waals surface area contributed by atoms with Crippen molar-refractivity contribution in [3.63, 3.8) is 0 Å². The number of carbonyl (C=O) groups excluding carboxylic acids is 1. The number of nitrogens with zero attached hydrogens (tertiary/aromatic N) is 2. The zero-order valence-corrected chi connectivity index (χ0v) is 12.3. The summed E-state index contributed by atoms with van der Waals surface area (Å²) in [6.45, 7) is 2.12. The lowest BCUT2D eigenvalue weighted by atomic mass is 10.2. The van der Waals surface area contributed by atoms with Crippen molar-refractivity contribution in [2.75, 3.05) is 11.9 Å². The van der Waals surface area contributed by atoms with Crippen molar-refractivity contribution < 1.29 is 19.2 Å². The molecule has 0 spiro atoms. The highest BCUT2D eigenvalue weighted by atomic mass is 16.5. The Hall–Kier alpha value is -2.82. The summed E-state index contributed by atoms with van der Waals surface area (Å²) < 4.78 is 4.84. The van der Waals surface area contributed by atoms with Crippen LogP contribution in [0.4, 0.5) is 5.82 Å². The third-order valence-electron chi connectivity index (χ3n) is 2.71. The lowest BCUT2D eigenvalue weighted by molar-refractivity contribution is -0.137. The highest BCUT2D eigenvalue weighted by Crippen LogP contribution is 2.07. The molecule has 0 atom stereocenters. The first kappa shape index (κ1) is 17.2. The molecule has 1 aromatic rings. The number of carboxylic acids is 1. The average Bonchev–Trinajstić information content (AvgIpc) is 2.88. The van der Waals surface area contributed by atoms with Gasteiger partial charge in [0.15, 0.2) is 5.82 Å². The predicted molar refractivity (Wildman–Crippen MR) is 77.7 cm³/mol. The summed E-state index contributed by atoms with van der Waals surface area (Å²) in [6, 6.07) is 3.43. The van der Waals surface area contributed by atoms with Gasteiger partial charge in [0, 0.05) is 25.2 Å². The molecule has 3 N–H and O–H groups in total. The smallest absolute Gasteiger partial charge is 0.303 e. The Balaban J connectivity index is 2.32. The number of aliphatic carboxylic acids is 1. The van der Waals surface area contributed by atoms with Gasteiger partial charge in [-0.05, 0) is 19.8 Å². The molecule has 0 fully saturated rings. The summed E-state index contributed by atoms with van der Waals surface area (Å²) in [7, 11) is 0. The molecule has 0 aliphatic heterocycles. The lowest BCUT2D eigenvalue weighted by Gasteiger charge is -2.04. The molecule has 0 saturated carbocycles. The number of carboxylic acid groups (broad SMARTS) is 1. The van der Waals surface area contributed by atoms with E-state index in [2.05, 4.69) is 15.8 Å². The van der Waals surface area contributed by atoms with E-state index >= 15 is 0 Å². The molecule has 0 aromatic carbocycles. The minimum Gasteiger partial charge on any atom is -0.481 e. The summed E-state index contributed by atoms with van der Waals surface area (Å²) in [5.41, 5.74) is -0.0776. The van der Waals surface area contributed by atoms with Crippen LogP contribution in [0.15, 0.2) is 22.4 Å². The third-order valence-corrected chi connectivity index (χ3v) is 2.71. The number of carbonyl (C=O) groups is 2. The van der Waals surface area contributed by atoms with E-state index in [-0.39, 0.29) is 12.0 Å². The van der Waals surface area contributed by atoms with Gasteiger partial charge in [-0.25, -0.2) is 0 Å². The van der Waals surface area contributed by atoms with Gasteiger partial charge in [0.1, 0.15) is 17.4 Å². The topological polar surface area (TPSA) is 128 Å². The summed E-state index contributed by atoms with van der Waals surface area (Å²) in [4.78, 5) is 22.1. The number of aryl methyl sites for hydroxylation is 1. The Morgan fingerprint density at radius 1 is 1.45 bits per heavy atom. The number of hydrogen-bond donors (Lipinski definition) is 3. The largest absolute Gasteiger partial charge is 0.481 e. The molecule has 0 bridgehead atoms. The van der Waals surface area contributed by atoms with Gasteiger partial charge in [-0.1, -0.05) is 11.6 Å². The molecule has 1 rings (SSSR count). The van der Waals surface area contributed by atoms with Crippen molar-refractivity contribution in [2.45, 2.75) is 32.6 Å². The van der Waals surface area contributed by atoms with E-state index in [1.165, 1.54) is 6.20 Å². The molecule has 8 nitrogen and oxygen atoms in total. The second-order valence-corrected chi connectivity index (χ2v) is 4.60. The number of nitriles is 1. The Bertz CT molecular complexity index is 586. The predicted octanol–water partition coefficient (Wildman–Crippen LogP) is 1.56. The number of unbranched alkanes of at least 4 members (excludes halogenated alkanes) is 2. The van der Waals surface area contributed by atoms with Crippen LogP contribution in [-0.2, 0) is 9.59 Å². The molecular formula is C14H18N4O4. The van der Waals surface area contributed by atoms with Crippen LogP contribution in [0.25, 0.3) is 0 Å². The third kappa shape index (κ3) is 6.56. The molecule has 1 aromatic heterocycles. The monoisotopic (exact) mass is 306 g/mol. The van der Waals surface area contributed by atoms with Crippen LogP contribution in [0.2, 0.25) is 0 Å². The number of aromatic nitrogens is 1. The highest BCUT2D eigenvalue weighted by molar-refractivity contribution is 5.97. The summed E-state index contributed by atoms with van der Waals surface area (Å²) in [5.74, 6) is -0.298. The van der Waals surface area contributed by atoms with E-state index in [1.807, 2.05) is 0 Å². The zero-order chi connectivity index (χ0) is 16.4. The molecule has 22 heavy (non-hydrogen) atoms. The first-order chi connectivity index (χ1) is 10.5. The highest BCUT2D eigenvalue weighted by Gasteiger charge is 2.08. The quantitative estimate of drug-likeness (QED) is 0.359. The second-order valence-electron chi connectivity index (χ2n) is 4.60. The molecule has 1 heterocycles. The van der Waals surface area contributed by atoms with Gasteiger partial charge in [-0.2, -0.15) is 5.26 Å². The summed E-state index contributed by atoms with van der Waals surface area (Å²) >= 11 is 0. The van der Waals surface area contributed by atoms with E-state index < -0.39 is 11.9 Å². The normalized spacial score (nSPS) is 10.8. The lowest BCUT2D eigenvalue weighted by Crippen LogP contribution is -2.26. The summed E-state index contributed by atoms with van der Waals surface area (Å²) in [6.07, 6.45) is 3.32. The summed E-state index contributed by atoms with van der Waals surface area (Å²) in [5, 5.41) is 26.4. The molecule has 8 heteroatoms. The molecule has 0 saturated heterocycles. The maximum absolute atomic E-state index is 11.8. The van der Waals surface area contributed by atoms with Crippen molar-refractivity contribution in [1.29, 1.82) is 5.26 Å². The number of hydrogen-bond acceptors (Lipinski definition) is 6. The number of amides is 1. The zero-order valence-electron chi connectivity index (χ0n) is 12.3. The van der Waals surface area contributed by atoms with Gasteiger partial charge in [-0.15, -0.1) is 0 Å². The van der Waals surface area contributed by atoms with Gasteiger partial charge in [0.2, 0.25) is 0 Å². The molecule has 0 aliphatic rings. The van der Waals surface area contributed by atoms with Gasteiger partial charge < -0.3 is 20.3 Å². The van der Waals surface area contributed by atoms with Crippen LogP contribution >= 0.6 is 0 Å². The van der Waals surface area contributed by atoms with Crippen molar-refractivity contribution in [2.24, 2.45) is 0 Å². The van der Waals surface area contributed by atoms with Crippen LogP contribution in [-0.4, -0.2) is 28.7 Å². The Labute approximate surface area is 127 Å². The maximum Gasteiger partial charge on any atom is 0.303 e. The van der Waals surface area contributed by atoms with Crippen LogP contribution < -0.4 is 10.6 Å². The molecule has 1 amide bonds. The first-order valence-corrected chi connectivity index (χ1v) is 6.83. The number of rotatable bonds is 9. The molecule has 0 unspecified atom stereocenters. The van der Waals surface area contributed by atoms with Crippen LogP contribution in [0.5, 0.6) is 0 Å². The fraction of sp³-hybridized carbons (Fsp3) is 0.429. The van der Waals surface area contributed by atoms with Gasteiger partial charge >= 0.3 is 5.97 Å². The van der Waals surface area contributed by atoms with Crippen molar-refractivity contribution in [3.05, 3.63) is 23.6 Å². The van der Waals surface area contributed by atoms with Crippen molar-refractivity contribution in [1.82, 2.24) is 10.5 Å². The van der Waals surface area contributed by atoms with E-state index in [0.717, 1.165) is 0 Å².